The minimum atomic E-state index is -0.0213. The minimum Gasteiger partial charge on any atom is -0.381 e. The Kier molecular flexibility index (Phi) is 5.14. The predicted molar refractivity (Wildman–Crippen MR) is 102 cm³/mol. The van der Waals surface area contributed by atoms with Crippen LogP contribution in [0.2, 0.25) is 0 Å². The second-order valence-electron chi connectivity index (χ2n) is 7.42. The molecule has 0 radical (unpaired) electrons. The molecule has 26 heavy (non-hydrogen) atoms. The fraction of sp³-hybridized carbons (Fsp3) is 0.600. The van der Waals surface area contributed by atoms with Gasteiger partial charge in [0.2, 0.25) is 5.91 Å². The summed E-state index contributed by atoms with van der Waals surface area (Å²) in [6.45, 7) is 6.66. The number of nitrogens with one attached hydrogen (secondary N) is 1. The van der Waals surface area contributed by atoms with Gasteiger partial charge in [-0.2, -0.15) is 0 Å². The van der Waals surface area contributed by atoms with Crippen molar-refractivity contribution in [3.05, 3.63) is 40.1 Å². The van der Waals surface area contributed by atoms with Crippen molar-refractivity contribution >= 4 is 17.2 Å². The van der Waals surface area contributed by atoms with E-state index in [0.717, 1.165) is 44.8 Å². The molecular weight excluding hydrogens is 346 g/mol. The topological polar surface area (TPSA) is 56.2 Å². The molecule has 2 aromatic rings. The number of rotatable bonds is 6. The van der Waals surface area contributed by atoms with Crippen LogP contribution in [0.15, 0.2) is 23.8 Å². The van der Waals surface area contributed by atoms with Crippen LogP contribution in [-0.4, -0.2) is 28.7 Å². The Bertz CT molecular complexity index is 763. The van der Waals surface area contributed by atoms with Crippen LogP contribution >= 0.6 is 11.3 Å². The van der Waals surface area contributed by atoms with Crippen LogP contribution in [-0.2, 0) is 16.1 Å². The standard InChI is InChI=1S/C20H27N3O2S/c1-3-23-8-7-21-19(23)17(14-4-9-25-10-5-14)22-20(24)16-12-15(16)18-13(2)6-11-26-18/h6-8,11,14-17H,3-5,9-10,12H2,1-2H3,(H,22,24). The van der Waals surface area contributed by atoms with Crippen LogP contribution in [0.5, 0.6) is 0 Å². The van der Waals surface area contributed by atoms with Crippen molar-refractivity contribution in [3.63, 3.8) is 0 Å². The van der Waals surface area contributed by atoms with E-state index in [0.29, 0.717) is 11.8 Å². The molecule has 3 unspecified atom stereocenters. The summed E-state index contributed by atoms with van der Waals surface area (Å²) in [5.41, 5.74) is 1.32. The first-order valence-corrected chi connectivity index (χ1v) is 10.5. The number of aromatic nitrogens is 2. The smallest absolute Gasteiger partial charge is 0.224 e. The molecule has 1 aliphatic carbocycles. The summed E-state index contributed by atoms with van der Waals surface area (Å²) < 4.78 is 7.68. The fourth-order valence-electron chi connectivity index (χ4n) is 4.11. The Morgan fingerprint density at radius 1 is 1.46 bits per heavy atom. The summed E-state index contributed by atoms with van der Waals surface area (Å²) >= 11 is 1.78. The fourth-order valence-corrected chi connectivity index (χ4v) is 5.22. The lowest BCUT2D eigenvalue weighted by molar-refractivity contribution is -0.124. The van der Waals surface area contributed by atoms with E-state index in [9.17, 15) is 4.79 Å². The Morgan fingerprint density at radius 2 is 2.27 bits per heavy atom. The molecule has 2 fully saturated rings. The van der Waals surface area contributed by atoms with Gasteiger partial charge in [-0.15, -0.1) is 11.3 Å². The van der Waals surface area contributed by atoms with Crippen molar-refractivity contribution in [2.24, 2.45) is 11.8 Å². The highest BCUT2D eigenvalue weighted by atomic mass is 32.1. The summed E-state index contributed by atoms with van der Waals surface area (Å²) in [6.07, 6.45) is 6.75. The van der Waals surface area contributed by atoms with Gasteiger partial charge in [-0.05, 0) is 56.0 Å². The Labute approximate surface area is 158 Å². The molecule has 0 bridgehead atoms. The largest absolute Gasteiger partial charge is 0.381 e. The van der Waals surface area contributed by atoms with Crippen molar-refractivity contribution in [3.8, 4) is 0 Å². The summed E-state index contributed by atoms with van der Waals surface area (Å²) in [5, 5.41) is 5.49. The zero-order valence-corrected chi connectivity index (χ0v) is 16.3. The first-order valence-electron chi connectivity index (χ1n) is 9.62. The highest BCUT2D eigenvalue weighted by Crippen LogP contribution is 2.50. The molecule has 4 rings (SSSR count). The van der Waals surface area contributed by atoms with Gasteiger partial charge in [0.25, 0.3) is 0 Å². The molecule has 2 aliphatic rings. The van der Waals surface area contributed by atoms with Gasteiger partial charge in [-0.3, -0.25) is 4.79 Å². The van der Waals surface area contributed by atoms with Gasteiger partial charge in [0.15, 0.2) is 0 Å². The monoisotopic (exact) mass is 373 g/mol. The van der Waals surface area contributed by atoms with Crippen LogP contribution in [0.25, 0.3) is 0 Å². The zero-order valence-electron chi connectivity index (χ0n) is 15.5. The summed E-state index contributed by atoms with van der Waals surface area (Å²) in [5.74, 6) is 2.07. The number of hydrogen-bond acceptors (Lipinski definition) is 4. The quantitative estimate of drug-likeness (QED) is 0.841. The lowest BCUT2D eigenvalue weighted by Gasteiger charge is -2.31. The van der Waals surface area contributed by atoms with E-state index >= 15 is 0 Å². The molecule has 1 saturated heterocycles. The second-order valence-corrected chi connectivity index (χ2v) is 8.37. The van der Waals surface area contributed by atoms with Gasteiger partial charge in [0.05, 0.1) is 6.04 Å². The number of nitrogens with zero attached hydrogens (tertiary/aromatic N) is 2. The number of carbonyl (C=O) groups excluding carboxylic acids is 1. The number of amides is 1. The predicted octanol–water partition coefficient (Wildman–Crippen LogP) is 3.66. The maximum atomic E-state index is 13.0. The van der Waals surface area contributed by atoms with Crippen molar-refractivity contribution < 1.29 is 9.53 Å². The number of aryl methyl sites for hydroxylation is 2. The van der Waals surface area contributed by atoms with Crippen LogP contribution in [0.3, 0.4) is 0 Å². The molecule has 3 heterocycles. The van der Waals surface area contributed by atoms with Gasteiger partial charge in [0, 0.05) is 48.9 Å². The third kappa shape index (κ3) is 3.45. The van der Waals surface area contributed by atoms with Crippen molar-refractivity contribution in [1.29, 1.82) is 0 Å². The normalized spacial score (nSPS) is 24.4. The maximum Gasteiger partial charge on any atom is 0.224 e. The van der Waals surface area contributed by atoms with Gasteiger partial charge >= 0.3 is 0 Å². The SMILES string of the molecule is CCn1ccnc1C(NC(=O)C1CC1c1sccc1C)C1CCOCC1. The van der Waals surface area contributed by atoms with E-state index in [1.165, 1.54) is 10.4 Å². The molecule has 140 valence electrons. The first-order chi connectivity index (χ1) is 12.7. The average Bonchev–Trinajstić information content (AvgIpc) is 3.10. The minimum absolute atomic E-state index is 0.0213. The number of thiophene rings is 1. The summed E-state index contributed by atoms with van der Waals surface area (Å²) in [7, 11) is 0. The summed E-state index contributed by atoms with van der Waals surface area (Å²) in [6, 6.07) is 2.13. The number of hydrogen-bond donors (Lipinski definition) is 1. The van der Waals surface area contributed by atoms with Crippen LogP contribution < -0.4 is 5.32 Å². The van der Waals surface area contributed by atoms with Crippen LogP contribution in [0, 0.1) is 18.8 Å². The first kappa shape index (κ1) is 17.7. The van der Waals surface area contributed by atoms with Crippen molar-refractivity contribution in [2.75, 3.05) is 13.2 Å². The Morgan fingerprint density at radius 3 is 2.96 bits per heavy atom. The van der Waals surface area contributed by atoms with E-state index in [4.69, 9.17) is 4.74 Å². The molecule has 6 heteroatoms. The number of imidazole rings is 1. The molecule has 0 aromatic carbocycles. The highest BCUT2D eigenvalue weighted by molar-refractivity contribution is 7.10. The lowest BCUT2D eigenvalue weighted by atomic mass is 9.90. The molecule has 5 nitrogen and oxygen atoms in total. The van der Waals surface area contributed by atoms with Crippen molar-refractivity contribution in [1.82, 2.24) is 14.9 Å². The summed E-state index contributed by atoms with van der Waals surface area (Å²) in [4.78, 5) is 19.0. The van der Waals surface area contributed by atoms with Crippen molar-refractivity contribution in [2.45, 2.75) is 51.6 Å². The molecule has 1 saturated carbocycles. The molecule has 1 amide bonds. The van der Waals surface area contributed by atoms with E-state index in [2.05, 4.69) is 40.2 Å². The molecule has 1 N–H and O–H groups in total. The van der Waals surface area contributed by atoms with Gasteiger partial charge in [-0.25, -0.2) is 4.98 Å². The number of carbonyl (C=O) groups is 1. The zero-order chi connectivity index (χ0) is 18.1. The van der Waals surface area contributed by atoms with Gasteiger partial charge in [0.1, 0.15) is 5.82 Å². The lowest BCUT2D eigenvalue weighted by Crippen LogP contribution is -2.38. The van der Waals surface area contributed by atoms with E-state index in [1.807, 2.05) is 12.4 Å². The van der Waals surface area contributed by atoms with E-state index in [1.54, 1.807) is 11.3 Å². The third-order valence-electron chi connectivity index (χ3n) is 5.77. The van der Waals surface area contributed by atoms with E-state index in [-0.39, 0.29) is 17.9 Å². The molecule has 2 aromatic heterocycles. The highest BCUT2D eigenvalue weighted by Gasteiger charge is 2.46. The second kappa shape index (κ2) is 7.53. The molecule has 3 atom stereocenters. The molecular formula is C20H27N3O2S. The van der Waals surface area contributed by atoms with Gasteiger partial charge in [-0.1, -0.05) is 0 Å². The average molecular weight is 374 g/mol. The molecule has 1 aliphatic heterocycles. The molecule has 0 spiro atoms. The third-order valence-corrected chi connectivity index (χ3v) is 6.92. The van der Waals surface area contributed by atoms with E-state index < -0.39 is 0 Å². The maximum absolute atomic E-state index is 13.0. The van der Waals surface area contributed by atoms with Crippen LogP contribution in [0.1, 0.15) is 54.4 Å². The Balaban J connectivity index is 1.50. The Hall–Kier alpha value is -1.66. The van der Waals surface area contributed by atoms with Crippen LogP contribution in [0.4, 0.5) is 0 Å². The number of ether oxygens (including phenoxy) is 1. The van der Waals surface area contributed by atoms with Gasteiger partial charge < -0.3 is 14.6 Å².